The number of hydrogen-bond donors (Lipinski definition) is 0. The van der Waals surface area contributed by atoms with E-state index in [4.69, 9.17) is 0 Å². The predicted molar refractivity (Wildman–Crippen MR) is 242 cm³/mol. The van der Waals surface area contributed by atoms with Crippen molar-refractivity contribution in [1.82, 2.24) is 23.3 Å². The molecule has 0 N–H and O–H groups in total. The Bertz CT molecular complexity index is 3540. The van der Waals surface area contributed by atoms with Crippen LogP contribution in [-0.4, -0.2) is 23.3 Å². The quantitative estimate of drug-likeness (QED) is 0.177. The van der Waals surface area contributed by atoms with E-state index < -0.39 is 0 Å². The Kier molecular flexibility index (Phi) is 6.38. The monoisotopic (exact) mass is 739 g/mol. The summed E-state index contributed by atoms with van der Waals surface area (Å²) in [5, 5.41) is 9.71. The van der Waals surface area contributed by atoms with Crippen molar-refractivity contribution >= 4 is 87.2 Å². The van der Waals surface area contributed by atoms with Gasteiger partial charge in [0.2, 0.25) is 0 Å². The fourth-order valence-corrected chi connectivity index (χ4v) is 9.79. The van der Waals surface area contributed by atoms with E-state index in [2.05, 4.69) is 211 Å². The molecule has 5 nitrogen and oxygen atoms in total. The topological polar surface area (TPSA) is 32.6 Å². The molecule has 0 aliphatic heterocycles. The van der Waals surface area contributed by atoms with Crippen LogP contribution < -0.4 is 0 Å². The lowest BCUT2D eigenvalue weighted by Gasteiger charge is -2.11. The summed E-state index contributed by atoms with van der Waals surface area (Å²) < 4.78 is 9.63. The van der Waals surface area contributed by atoms with Gasteiger partial charge in [-0.2, -0.15) is 0 Å². The molecule has 270 valence electrons. The molecule has 5 aromatic heterocycles. The molecule has 0 aliphatic rings. The third-order valence-corrected chi connectivity index (χ3v) is 12.2. The molecule has 0 radical (unpaired) electrons. The molecule has 0 spiro atoms. The van der Waals surface area contributed by atoms with Crippen LogP contribution in [0.25, 0.3) is 110 Å². The van der Waals surface area contributed by atoms with Crippen LogP contribution in [0.2, 0.25) is 0 Å². The van der Waals surface area contributed by atoms with Crippen LogP contribution in [0.5, 0.6) is 0 Å². The van der Waals surface area contributed by atoms with Crippen molar-refractivity contribution in [3.05, 3.63) is 200 Å². The molecular formula is C53H33N5. The van der Waals surface area contributed by atoms with E-state index in [1.807, 2.05) is 12.4 Å². The van der Waals surface area contributed by atoms with Gasteiger partial charge in [0.25, 0.3) is 0 Å². The summed E-state index contributed by atoms with van der Waals surface area (Å²) in [5.41, 5.74) is 14.0. The minimum atomic E-state index is 1.12. The molecule has 5 heterocycles. The van der Waals surface area contributed by atoms with Gasteiger partial charge in [-0.05, 0) is 97.1 Å². The Labute approximate surface area is 332 Å². The lowest BCUT2D eigenvalue weighted by Crippen LogP contribution is -1.96. The highest BCUT2D eigenvalue weighted by molar-refractivity contribution is 6.20. The van der Waals surface area contributed by atoms with Gasteiger partial charge in [0, 0.05) is 78.2 Å². The molecule has 0 aliphatic carbocycles. The van der Waals surface area contributed by atoms with E-state index >= 15 is 0 Å². The first-order valence-corrected chi connectivity index (χ1v) is 19.8. The summed E-state index contributed by atoms with van der Waals surface area (Å²) in [6.07, 6.45) is 3.89. The van der Waals surface area contributed by atoms with E-state index in [-0.39, 0.29) is 0 Å². The van der Waals surface area contributed by atoms with Gasteiger partial charge in [0.15, 0.2) is 0 Å². The van der Waals surface area contributed by atoms with Crippen molar-refractivity contribution in [3.63, 3.8) is 0 Å². The predicted octanol–water partition coefficient (Wildman–Crippen LogP) is 13.5. The highest BCUT2D eigenvalue weighted by Gasteiger charge is 2.21. The third kappa shape index (κ3) is 4.27. The van der Waals surface area contributed by atoms with Crippen LogP contribution >= 0.6 is 0 Å². The smallest absolute Gasteiger partial charge is 0.0571 e. The van der Waals surface area contributed by atoms with Crippen LogP contribution in [-0.2, 0) is 0 Å². The van der Waals surface area contributed by atoms with Crippen LogP contribution in [0.4, 0.5) is 0 Å². The molecule has 5 heteroatoms. The first-order valence-electron chi connectivity index (χ1n) is 19.8. The van der Waals surface area contributed by atoms with Crippen LogP contribution in [0.15, 0.2) is 200 Å². The van der Waals surface area contributed by atoms with Crippen molar-refractivity contribution in [2.45, 2.75) is 0 Å². The van der Waals surface area contributed by atoms with Crippen molar-refractivity contribution in [2.24, 2.45) is 0 Å². The molecule has 0 amide bonds. The van der Waals surface area contributed by atoms with Crippen molar-refractivity contribution in [3.8, 4) is 22.7 Å². The summed E-state index contributed by atoms with van der Waals surface area (Å²) in [5.74, 6) is 0. The molecule has 0 saturated heterocycles. The molecule has 13 rings (SSSR count). The minimum absolute atomic E-state index is 1.12. The largest absolute Gasteiger partial charge is 0.309 e. The van der Waals surface area contributed by atoms with Crippen LogP contribution in [0.3, 0.4) is 0 Å². The van der Waals surface area contributed by atoms with Gasteiger partial charge < -0.3 is 18.3 Å². The molecule has 0 bridgehead atoms. The maximum Gasteiger partial charge on any atom is 0.0571 e. The lowest BCUT2D eigenvalue weighted by atomic mass is 10.1. The Hall–Kier alpha value is -7.89. The lowest BCUT2D eigenvalue weighted by molar-refractivity contribution is 1.16. The zero-order chi connectivity index (χ0) is 37.9. The van der Waals surface area contributed by atoms with E-state index in [0.29, 0.717) is 0 Å². The molecule has 13 aromatic rings. The van der Waals surface area contributed by atoms with Crippen LogP contribution in [0.1, 0.15) is 0 Å². The maximum absolute atomic E-state index is 4.58. The summed E-state index contributed by atoms with van der Waals surface area (Å²) in [4.78, 5) is 4.58. The first kappa shape index (κ1) is 31.3. The molecule has 0 unspecified atom stereocenters. The standard InChI is InChI=1S/C53H33N5/c1-3-13-34(14-4-1)55-46-20-10-7-17-38(46)41-29-36(23-25-49(41)55)57-47-21-11-8-18-39(47)43-32-53-44(31-52(43)57)40-19-9-12-22-48(40)58(53)37-24-26-50-42(30-37)45-33-54-28-27-51(45)56(50)35-15-5-2-6-16-35/h1-33H. The Morgan fingerprint density at radius 1 is 0.241 bits per heavy atom. The van der Waals surface area contributed by atoms with E-state index in [1.54, 1.807) is 0 Å². The normalized spacial score (nSPS) is 12.1. The highest BCUT2D eigenvalue weighted by Crippen LogP contribution is 2.42. The average molecular weight is 740 g/mol. The van der Waals surface area contributed by atoms with Gasteiger partial charge in [-0.3, -0.25) is 4.98 Å². The fraction of sp³-hybridized carbons (Fsp3) is 0. The van der Waals surface area contributed by atoms with Crippen molar-refractivity contribution in [2.75, 3.05) is 0 Å². The number of para-hydroxylation sites is 5. The number of hydrogen-bond acceptors (Lipinski definition) is 1. The number of nitrogens with zero attached hydrogens (tertiary/aromatic N) is 5. The third-order valence-electron chi connectivity index (χ3n) is 12.2. The van der Waals surface area contributed by atoms with E-state index in [0.717, 1.165) is 39.2 Å². The first-order chi connectivity index (χ1) is 28.8. The van der Waals surface area contributed by atoms with E-state index in [1.165, 1.54) is 70.8 Å². The number of fused-ring (bicyclic) bond motifs is 12. The summed E-state index contributed by atoms with van der Waals surface area (Å²) >= 11 is 0. The maximum atomic E-state index is 4.58. The van der Waals surface area contributed by atoms with Gasteiger partial charge in [0.05, 0.1) is 44.1 Å². The van der Waals surface area contributed by atoms with Gasteiger partial charge in [-0.15, -0.1) is 0 Å². The molecule has 0 atom stereocenters. The molecular weight excluding hydrogens is 707 g/mol. The average Bonchev–Trinajstić information content (AvgIpc) is 4.00. The van der Waals surface area contributed by atoms with Crippen molar-refractivity contribution < 1.29 is 0 Å². The number of pyridine rings is 1. The van der Waals surface area contributed by atoms with Gasteiger partial charge in [-0.1, -0.05) is 91.0 Å². The van der Waals surface area contributed by atoms with E-state index in [9.17, 15) is 0 Å². The zero-order valence-electron chi connectivity index (χ0n) is 31.3. The number of rotatable bonds is 4. The fourth-order valence-electron chi connectivity index (χ4n) is 9.79. The highest BCUT2D eigenvalue weighted by atomic mass is 15.0. The van der Waals surface area contributed by atoms with Crippen LogP contribution in [0, 0.1) is 0 Å². The van der Waals surface area contributed by atoms with Gasteiger partial charge in [0.1, 0.15) is 0 Å². The summed E-state index contributed by atoms with van der Waals surface area (Å²) in [7, 11) is 0. The Balaban J connectivity index is 1.07. The number of benzene rings is 8. The second-order valence-electron chi connectivity index (χ2n) is 15.2. The Morgan fingerprint density at radius 3 is 1.09 bits per heavy atom. The molecule has 8 aromatic carbocycles. The van der Waals surface area contributed by atoms with Crippen molar-refractivity contribution in [1.29, 1.82) is 0 Å². The second kappa shape index (κ2) is 11.8. The molecule has 58 heavy (non-hydrogen) atoms. The summed E-state index contributed by atoms with van der Waals surface area (Å²) in [6, 6.07) is 68.5. The Morgan fingerprint density at radius 2 is 0.603 bits per heavy atom. The zero-order valence-corrected chi connectivity index (χ0v) is 31.3. The summed E-state index contributed by atoms with van der Waals surface area (Å²) in [6.45, 7) is 0. The molecule has 0 saturated carbocycles. The SMILES string of the molecule is c1ccc(-n2c3ccccc3c3cc(-n4c5ccccc5c5cc6c(cc54)c4ccccc4n6-c4ccc5c(c4)c4cnccc4n5-c4ccccc4)ccc32)cc1. The number of aromatic nitrogens is 5. The molecule has 0 fully saturated rings. The van der Waals surface area contributed by atoms with Gasteiger partial charge in [-0.25, -0.2) is 0 Å². The van der Waals surface area contributed by atoms with Gasteiger partial charge >= 0.3 is 0 Å². The minimum Gasteiger partial charge on any atom is -0.309 e. The second-order valence-corrected chi connectivity index (χ2v) is 15.2.